The molecule has 0 atom stereocenters. The molecule has 1 aromatic rings. The third kappa shape index (κ3) is 5.27. The fraction of sp³-hybridized carbons (Fsp3) is 0.706. The fourth-order valence-corrected chi connectivity index (χ4v) is 18.6. The summed E-state index contributed by atoms with van der Waals surface area (Å²) in [6.45, 7) is 6.84. The second-order valence-corrected chi connectivity index (χ2v) is 19.2. The Kier molecular flexibility index (Phi) is 8.58. The summed E-state index contributed by atoms with van der Waals surface area (Å²) in [7, 11) is 0. The number of hydrogen-bond donors (Lipinski definition) is 0. The van der Waals surface area contributed by atoms with Crippen molar-refractivity contribution in [2.24, 2.45) is 0 Å². The van der Waals surface area contributed by atoms with Gasteiger partial charge in [0.1, 0.15) is 0 Å². The van der Waals surface area contributed by atoms with Crippen molar-refractivity contribution in [3.63, 3.8) is 0 Å². The molecule has 2 nitrogen and oxygen atoms in total. The van der Waals surface area contributed by atoms with Gasteiger partial charge in [-0.15, -0.1) is 0 Å². The summed E-state index contributed by atoms with van der Waals surface area (Å²) in [4.78, 5) is 11.2. The molecule has 20 heavy (non-hydrogen) atoms. The molecule has 1 aromatic heterocycles. The van der Waals surface area contributed by atoms with Gasteiger partial charge in [-0.2, -0.15) is 0 Å². The van der Waals surface area contributed by atoms with E-state index < -0.39 is 18.4 Å². The predicted octanol–water partition coefficient (Wildman–Crippen LogP) is 4.70. The summed E-state index contributed by atoms with van der Waals surface area (Å²) < 4.78 is 10.9. The Bertz CT molecular complexity index is 383. The molecule has 0 saturated carbocycles. The molecule has 114 valence electrons. The number of rotatable bonds is 10. The monoisotopic (exact) mass is 386 g/mol. The van der Waals surface area contributed by atoms with E-state index in [1.54, 1.807) is 12.3 Å². The van der Waals surface area contributed by atoms with Crippen molar-refractivity contribution < 1.29 is 4.42 Å². The van der Waals surface area contributed by atoms with Crippen LogP contribution in [0, 0.1) is 0 Å². The van der Waals surface area contributed by atoms with Gasteiger partial charge in [-0.25, -0.2) is 0 Å². The fourth-order valence-electron chi connectivity index (χ4n) is 3.01. The van der Waals surface area contributed by atoms with E-state index in [1.807, 2.05) is 0 Å². The maximum absolute atomic E-state index is 11.2. The van der Waals surface area contributed by atoms with Gasteiger partial charge in [0, 0.05) is 0 Å². The van der Waals surface area contributed by atoms with Crippen LogP contribution < -0.4 is 9.20 Å². The molecule has 0 radical (unpaired) electrons. The van der Waals surface area contributed by atoms with Crippen molar-refractivity contribution in [3.8, 4) is 0 Å². The Morgan fingerprint density at radius 2 is 1.40 bits per heavy atom. The van der Waals surface area contributed by atoms with Crippen molar-refractivity contribution in [2.45, 2.75) is 72.6 Å². The second kappa shape index (κ2) is 9.64. The van der Waals surface area contributed by atoms with Crippen LogP contribution in [-0.2, 0) is 0 Å². The molecular weight excluding hydrogens is 355 g/mol. The van der Waals surface area contributed by atoms with Gasteiger partial charge in [-0.05, 0) is 0 Å². The predicted molar refractivity (Wildman–Crippen MR) is 89.5 cm³/mol. The van der Waals surface area contributed by atoms with E-state index in [4.69, 9.17) is 4.42 Å². The molecule has 0 unspecified atom stereocenters. The van der Waals surface area contributed by atoms with E-state index in [1.165, 1.54) is 55.4 Å². The Hall–Kier alpha value is -0.251. The molecule has 0 aliphatic heterocycles. The minimum absolute atomic E-state index is 0.213. The van der Waals surface area contributed by atoms with Gasteiger partial charge in [0.2, 0.25) is 0 Å². The van der Waals surface area contributed by atoms with Crippen LogP contribution in [0.1, 0.15) is 59.3 Å². The summed E-state index contributed by atoms with van der Waals surface area (Å²) in [5.74, 6) is 0. The molecule has 0 amide bonds. The van der Waals surface area contributed by atoms with Gasteiger partial charge in [-0.3, -0.25) is 0 Å². The first kappa shape index (κ1) is 17.8. The zero-order chi connectivity index (χ0) is 14.8. The third-order valence-corrected chi connectivity index (χ3v) is 19.9. The van der Waals surface area contributed by atoms with Crippen LogP contribution in [0.2, 0.25) is 13.3 Å². The van der Waals surface area contributed by atoms with E-state index in [0.29, 0.717) is 0 Å². The standard InChI is InChI=1S/C5H3O2.3C4H9.Sn/c6-5-3-1-2-4-7-5;3*1-3-4-2;/h1,3-4H;3*1,3-4H2,2H3;. The van der Waals surface area contributed by atoms with Crippen molar-refractivity contribution in [2.75, 3.05) is 0 Å². The second-order valence-electron chi connectivity index (χ2n) is 5.93. The zero-order valence-electron chi connectivity index (χ0n) is 13.4. The summed E-state index contributed by atoms with van der Waals surface area (Å²) in [6.07, 6.45) is 9.63. The molecule has 3 heteroatoms. The van der Waals surface area contributed by atoms with E-state index >= 15 is 0 Å². The van der Waals surface area contributed by atoms with Crippen molar-refractivity contribution in [1.82, 2.24) is 0 Å². The average molecular weight is 385 g/mol. The molecule has 0 aromatic carbocycles. The summed E-state index contributed by atoms with van der Waals surface area (Å²) >= 11 is -2.36. The first-order valence-electron chi connectivity index (χ1n) is 8.28. The van der Waals surface area contributed by atoms with Crippen LogP contribution in [0.3, 0.4) is 0 Å². The van der Waals surface area contributed by atoms with Crippen LogP contribution in [0.15, 0.2) is 27.6 Å². The van der Waals surface area contributed by atoms with Crippen LogP contribution in [0.5, 0.6) is 0 Å². The summed E-state index contributed by atoms with van der Waals surface area (Å²) in [6, 6.07) is 3.72. The summed E-state index contributed by atoms with van der Waals surface area (Å²) in [5, 5.41) is 0. The number of unbranched alkanes of at least 4 members (excludes halogenated alkanes) is 3. The SMILES string of the molecule is CCC[CH2][Sn]([CH2]CCC)([CH2]CCC)[c]1ccc(=O)oc1. The molecule has 0 spiro atoms. The molecule has 0 saturated heterocycles. The normalized spacial score (nSPS) is 11.8. The molecular formula is C17H30O2Sn. The van der Waals surface area contributed by atoms with E-state index in [-0.39, 0.29) is 5.63 Å². The van der Waals surface area contributed by atoms with Crippen LogP contribution in [0.4, 0.5) is 0 Å². The van der Waals surface area contributed by atoms with Crippen LogP contribution >= 0.6 is 0 Å². The van der Waals surface area contributed by atoms with Gasteiger partial charge >= 0.3 is 128 Å². The Balaban J connectivity index is 3.03. The number of hydrogen-bond acceptors (Lipinski definition) is 2. The topological polar surface area (TPSA) is 30.2 Å². The maximum atomic E-state index is 11.2. The van der Waals surface area contributed by atoms with E-state index in [0.717, 1.165) is 0 Å². The van der Waals surface area contributed by atoms with Crippen molar-refractivity contribution in [1.29, 1.82) is 0 Å². The minimum atomic E-state index is -2.36. The van der Waals surface area contributed by atoms with Gasteiger partial charge in [0.15, 0.2) is 0 Å². The Morgan fingerprint density at radius 1 is 0.900 bits per heavy atom. The molecule has 0 bridgehead atoms. The molecule has 0 aliphatic carbocycles. The molecule has 0 aliphatic rings. The molecule has 1 heterocycles. The van der Waals surface area contributed by atoms with Gasteiger partial charge in [0.25, 0.3) is 0 Å². The first-order valence-corrected chi connectivity index (χ1v) is 15.8. The van der Waals surface area contributed by atoms with Crippen molar-refractivity contribution >= 4 is 22.0 Å². The van der Waals surface area contributed by atoms with Gasteiger partial charge in [0.05, 0.1) is 0 Å². The van der Waals surface area contributed by atoms with Gasteiger partial charge in [-0.1, -0.05) is 0 Å². The molecule has 1 rings (SSSR count). The van der Waals surface area contributed by atoms with Crippen LogP contribution in [0.25, 0.3) is 0 Å². The quantitative estimate of drug-likeness (QED) is 0.547. The van der Waals surface area contributed by atoms with Crippen molar-refractivity contribution in [3.05, 3.63) is 28.8 Å². The van der Waals surface area contributed by atoms with E-state index in [2.05, 4.69) is 26.8 Å². The third-order valence-electron chi connectivity index (χ3n) is 4.34. The van der Waals surface area contributed by atoms with Gasteiger partial charge < -0.3 is 0 Å². The average Bonchev–Trinajstić information content (AvgIpc) is 2.48. The molecule has 0 fully saturated rings. The molecule has 0 N–H and O–H groups in total. The van der Waals surface area contributed by atoms with E-state index in [9.17, 15) is 4.79 Å². The first-order chi connectivity index (χ1) is 9.68. The van der Waals surface area contributed by atoms with Crippen LogP contribution in [-0.4, -0.2) is 18.4 Å². The zero-order valence-corrected chi connectivity index (χ0v) is 16.3. The Morgan fingerprint density at radius 3 is 1.75 bits per heavy atom. The summed E-state index contributed by atoms with van der Waals surface area (Å²) in [5.41, 5.74) is -0.213. The Labute approximate surface area is 127 Å².